The molecule has 3 atom stereocenters. The van der Waals surface area contributed by atoms with Crippen LogP contribution >= 0.6 is 0 Å². The monoisotopic (exact) mass is 708 g/mol. The summed E-state index contributed by atoms with van der Waals surface area (Å²) in [6.45, 7) is 27.4. The van der Waals surface area contributed by atoms with Crippen molar-refractivity contribution in [3.05, 3.63) is 0 Å². The molecule has 10 heteroatoms. The van der Waals surface area contributed by atoms with E-state index in [1.54, 1.807) is 7.11 Å². The third-order valence-electron chi connectivity index (χ3n) is 14.4. The van der Waals surface area contributed by atoms with Crippen molar-refractivity contribution in [2.75, 3.05) is 48.1 Å². The van der Waals surface area contributed by atoms with E-state index in [1.807, 2.05) is 0 Å². The Balaban J connectivity index is 1.66. The number of hydrogen-bond acceptors (Lipinski definition) is 10. The van der Waals surface area contributed by atoms with Crippen LogP contribution in [0.4, 0.5) is 0 Å². The summed E-state index contributed by atoms with van der Waals surface area (Å²) in [4.78, 5) is 46.9. The third-order valence-corrected chi connectivity index (χ3v) is 14.4. The predicted molar refractivity (Wildman–Crippen MR) is 198 cm³/mol. The van der Waals surface area contributed by atoms with Gasteiger partial charge in [0.15, 0.2) is 0 Å². The van der Waals surface area contributed by atoms with Crippen LogP contribution in [-0.2, 0) is 33.3 Å². The van der Waals surface area contributed by atoms with E-state index >= 15 is 0 Å². The maximum Gasteiger partial charge on any atom is 0.308 e. The minimum atomic E-state index is -1.08. The Morgan fingerprint density at radius 3 is 1.06 bits per heavy atom. The maximum atomic E-state index is 13.5. The van der Waals surface area contributed by atoms with E-state index in [1.165, 1.54) is 0 Å². The van der Waals surface area contributed by atoms with Gasteiger partial charge in [0.05, 0.1) is 31.8 Å². The molecule has 3 fully saturated rings. The molecule has 0 bridgehead atoms. The van der Waals surface area contributed by atoms with Crippen molar-refractivity contribution < 1.29 is 33.3 Å². The van der Waals surface area contributed by atoms with Gasteiger partial charge < -0.3 is 18.9 Å². The first-order valence-electron chi connectivity index (χ1n) is 18.9. The van der Waals surface area contributed by atoms with Crippen LogP contribution in [0, 0.1) is 17.8 Å². The van der Waals surface area contributed by atoms with Gasteiger partial charge in [0.25, 0.3) is 0 Å². The molecule has 3 aliphatic heterocycles. The van der Waals surface area contributed by atoms with E-state index < -0.39 is 11.6 Å². The van der Waals surface area contributed by atoms with Crippen LogP contribution in [-0.4, -0.2) is 120 Å². The summed E-state index contributed by atoms with van der Waals surface area (Å²) < 4.78 is 23.6. The third kappa shape index (κ3) is 9.06. The van der Waals surface area contributed by atoms with E-state index in [0.29, 0.717) is 19.8 Å². The number of carbonyl (C=O) groups excluding carboxylic acids is 3. The average Bonchev–Trinajstić information content (AvgIpc) is 3.36. The predicted octanol–water partition coefficient (Wildman–Crippen LogP) is 6.48. The number of nitrogens with zero attached hydrogens (tertiary/aromatic N) is 3. The molecule has 0 aromatic carbocycles. The molecule has 3 heterocycles. The van der Waals surface area contributed by atoms with Crippen LogP contribution in [0.2, 0.25) is 0 Å². The van der Waals surface area contributed by atoms with Crippen LogP contribution in [0.15, 0.2) is 0 Å². The second-order valence-electron chi connectivity index (χ2n) is 19.4. The van der Waals surface area contributed by atoms with Crippen molar-refractivity contribution >= 4 is 17.9 Å². The molecule has 0 aromatic rings. The van der Waals surface area contributed by atoms with E-state index in [0.717, 1.165) is 19.3 Å². The zero-order chi connectivity index (χ0) is 38.3. The van der Waals surface area contributed by atoms with E-state index in [4.69, 9.17) is 18.9 Å². The number of rotatable bonds is 15. The molecule has 3 saturated heterocycles. The molecule has 50 heavy (non-hydrogen) atoms. The van der Waals surface area contributed by atoms with E-state index in [9.17, 15) is 14.4 Å². The molecule has 0 aliphatic carbocycles. The normalized spacial score (nSPS) is 29.4. The van der Waals surface area contributed by atoms with Crippen molar-refractivity contribution in [3.63, 3.8) is 0 Å². The van der Waals surface area contributed by atoms with Gasteiger partial charge in [0.1, 0.15) is 0 Å². The zero-order valence-corrected chi connectivity index (χ0v) is 34.7. The second-order valence-corrected chi connectivity index (χ2v) is 19.4. The average molecular weight is 708 g/mol. The highest BCUT2D eigenvalue weighted by Gasteiger charge is 2.52. The summed E-state index contributed by atoms with van der Waals surface area (Å²) in [7, 11) is 7.91. The summed E-state index contributed by atoms with van der Waals surface area (Å²) in [5, 5.41) is 0. The highest BCUT2D eigenvalue weighted by molar-refractivity contribution is 5.73. The lowest BCUT2D eigenvalue weighted by molar-refractivity contribution is -0.159. The molecule has 0 aromatic heterocycles. The standard InChI is InChI=1S/C40H73N3O7/c1-34(2)21-28(37(7,8)41(34)13)25-48-31(44)17-19-40(47-16,24-33(46)50-27-30-23-36(5,6)43(15)39(30,11)12)20-18-32(45)49-26-29-22-35(3,4)42(14)38(29,9)10/h28-30H,17-27H2,1-16H3. The van der Waals surface area contributed by atoms with Crippen LogP contribution in [0.3, 0.4) is 0 Å². The molecule has 0 amide bonds. The molecule has 3 unspecified atom stereocenters. The van der Waals surface area contributed by atoms with E-state index in [-0.39, 0.29) is 95.0 Å². The number of methoxy groups -OCH3 is 1. The summed E-state index contributed by atoms with van der Waals surface area (Å²) in [6, 6.07) is 0. The fraction of sp³-hybridized carbons (Fsp3) is 0.925. The molecule has 290 valence electrons. The number of carbonyl (C=O) groups is 3. The fourth-order valence-electron chi connectivity index (χ4n) is 9.20. The smallest absolute Gasteiger partial charge is 0.308 e. The van der Waals surface area contributed by atoms with Crippen LogP contribution in [0.5, 0.6) is 0 Å². The topological polar surface area (TPSA) is 97.8 Å². The van der Waals surface area contributed by atoms with Gasteiger partial charge in [-0.1, -0.05) is 0 Å². The fourth-order valence-corrected chi connectivity index (χ4v) is 9.20. The first kappa shape index (κ1) is 42.7. The maximum absolute atomic E-state index is 13.5. The summed E-state index contributed by atoms with van der Waals surface area (Å²) in [6.07, 6.45) is 3.27. The number of likely N-dealkylation sites (tertiary alicyclic amines) is 3. The molecule has 3 aliphatic rings. The zero-order valence-electron chi connectivity index (χ0n) is 34.7. The van der Waals surface area contributed by atoms with Gasteiger partial charge in [-0.2, -0.15) is 0 Å². The summed E-state index contributed by atoms with van der Waals surface area (Å²) in [5.74, 6) is -0.504. The Labute approximate surface area is 304 Å². The lowest BCUT2D eigenvalue weighted by atomic mass is 9.87. The molecule has 3 rings (SSSR count). The van der Waals surface area contributed by atoms with Crippen LogP contribution < -0.4 is 0 Å². The molecule has 0 radical (unpaired) electrons. The quantitative estimate of drug-likeness (QED) is 0.139. The van der Waals surface area contributed by atoms with Crippen molar-refractivity contribution in [3.8, 4) is 0 Å². The molecular weight excluding hydrogens is 634 g/mol. The van der Waals surface area contributed by atoms with Crippen LogP contribution in [0.25, 0.3) is 0 Å². The second kappa shape index (κ2) is 14.9. The lowest BCUT2D eigenvalue weighted by Crippen LogP contribution is -2.47. The number of hydrogen-bond donors (Lipinski definition) is 0. The van der Waals surface area contributed by atoms with Crippen molar-refractivity contribution in [2.45, 2.75) is 173 Å². The molecule has 0 N–H and O–H groups in total. The van der Waals surface area contributed by atoms with Crippen molar-refractivity contribution in [2.24, 2.45) is 17.8 Å². The van der Waals surface area contributed by atoms with Gasteiger partial charge in [-0.3, -0.25) is 29.1 Å². The van der Waals surface area contributed by atoms with Gasteiger partial charge in [-0.25, -0.2) is 0 Å². The molecule has 10 nitrogen and oxygen atoms in total. The minimum Gasteiger partial charge on any atom is -0.465 e. The van der Waals surface area contributed by atoms with Gasteiger partial charge in [0, 0.05) is 70.9 Å². The Kier molecular flexibility index (Phi) is 12.7. The Morgan fingerprint density at radius 2 is 0.820 bits per heavy atom. The Bertz CT molecular complexity index is 1160. The van der Waals surface area contributed by atoms with Crippen molar-refractivity contribution in [1.29, 1.82) is 0 Å². The number of esters is 3. The van der Waals surface area contributed by atoms with Gasteiger partial charge >= 0.3 is 17.9 Å². The molecular formula is C40H73N3O7. The highest BCUT2D eigenvalue weighted by Crippen LogP contribution is 2.46. The van der Waals surface area contributed by atoms with E-state index in [2.05, 4.69) is 119 Å². The van der Waals surface area contributed by atoms with Gasteiger partial charge in [-0.05, 0) is 136 Å². The van der Waals surface area contributed by atoms with Crippen molar-refractivity contribution in [1.82, 2.24) is 14.7 Å². The summed E-state index contributed by atoms with van der Waals surface area (Å²) >= 11 is 0. The van der Waals surface area contributed by atoms with Gasteiger partial charge in [-0.15, -0.1) is 0 Å². The minimum absolute atomic E-state index is 0.00462. The van der Waals surface area contributed by atoms with Gasteiger partial charge in [0.2, 0.25) is 0 Å². The summed E-state index contributed by atoms with van der Waals surface area (Å²) in [5.41, 5.74) is -1.42. The Morgan fingerprint density at radius 1 is 0.540 bits per heavy atom. The first-order valence-corrected chi connectivity index (χ1v) is 18.9. The number of ether oxygens (including phenoxy) is 4. The Hall–Kier alpha value is -1.75. The first-order chi connectivity index (χ1) is 22.6. The largest absolute Gasteiger partial charge is 0.465 e. The molecule has 0 spiro atoms. The SMILES string of the molecule is COC(CCC(=O)OCC1CC(C)(C)N(C)C1(C)C)(CCC(=O)OCC1CC(C)(C)N(C)C1(C)C)CC(=O)OCC1CC(C)(C)N(C)C1(C)C. The molecule has 0 saturated carbocycles. The highest BCUT2D eigenvalue weighted by atomic mass is 16.5. The lowest BCUT2D eigenvalue weighted by Gasteiger charge is -2.38. The van der Waals surface area contributed by atoms with Crippen LogP contribution in [0.1, 0.15) is 134 Å².